The number of anilines is 1. The molecule has 0 aliphatic carbocycles. The Morgan fingerprint density at radius 3 is 2.37 bits per heavy atom. The van der Waals surface area contributed by atoms with Crippen molar-refractivity contribution in [3.8, 4) is 0 Å². The molecule has 9 heteroatoms. The molecule has 1 atom stereocenters. The zero-order valence-electron chi connectivity index (χ0n) is 18.8. The highest BCUT2D eigenvalue weighted by Gasteiger charge is 2.44. The molecule has 1 aliphatic heterocycles. The van der Waals surface area contributed by atoms with Gasteiger partial charge in [0, 0.05) is 24.7 Å². The molecule has 35 heavy (non-hydrogen) atoms. The van der Waals surface area contributed by atoms with E-state index in [1.165, 1.54) is 49.4 Å². The number of carbonyl (C=O) groups excluding carboxylic acids is 4. The van der Waals surface area contributed by atoms with Gasteiger partial charge in [-0.3, -0.25) is 24.0 Å². The first-order valence-corrected chi connectivity index (χ1v) is 10.8. The summed E-state index contributed by atoms with van der Waals surface area (Å²) in [5, 5.41) is 5.85. The van der Waals surface area contributed by atoms with Gasteiger partial charge < -0.3 is 10.6 Å². The summed E-state index contributed by atoms with van der Waals surface area (Å²) in [5.41, 5.74) is 1.96. The van der Waals surface area contributed by atoms with Crippen molar-refractivity contribution in [2.75, 3.05) is 5.32 Å². The van der Waals surface area contributed by atoms with Gasteiger partial charge in [-0.05, 0) is 41.0 Å². The van der Waals surface area contributed by atoms with Crippen LogP contribution in [0.4, 0.5) is 10.1 Å². The molecule has 3 aromatic rings. The highest BCUT2D eigenvalue weighted by atomic mass is 19.1. The summed E-state index contributed by atoms with van der Waals surface area (Å²) in [5.74, 6) is -4.32. The summed E-state index contributed by atoms with van der Waals surface area (Å²) in [6, 6.07) is 18.9. The van der Waals surface area contributed by atoms with Crippen molar-refractivity contribution in [2.24, 2.45) is 0 Å². The van der Waals surface area contributed by atoms with Crippen LogP contribution in [0, 0.1) is 5.82 Å². The van der Waals surface area contributed by atoms with Crippen molar-refractivity contribution < 1.29 is 28.4 Å². The molecule has 1 unspecified atom stereocenters. The predicted octanol–water partition coefficient (Wildman–Crippen LogP) is 3.30. The molecule has 0 saturated heterocycles. The predicted molar refractivity (Wildman–Crippen MR) is 124 cm³/mol. The van der Waals surface area contributed by atoms with Crippen molar-refractivity contribution in [3.63, 3.8) is 0 Å². The minimum Gasteiger partial charge on any atom is -0.351 e. The second-order valence-corrected chi connectivity index (χ2v) is 7.96. The Kier molecular flexibility index (Phi) is 6.98. The third-order valence-corrected chi connectivity index (χ3v) is 5.39. The second-order valence-electron chi connectivity index (χ2n) is 7.96. The first-order valence-electron chi connectivity index (χ1n) is 10.8. The molecule has 1 heterocycles. The molecular formula is C26H22FN3O5. The van der Waals surface area contributed by atoms with E-state index in [9.17, 15) is 23.6 Å². The Balaban J connectivity index is 1.62. The molecule has 2 N–H and O–H groups in total. The molecule has 178 valence electrons. The van der Waals surface area contributed by atoms with Gasteiger partial charge in [0.25, 0.3) is 11.8 Å². The number of carbonyl (C=O) groups is 4. The Morgan fingerprint density at radius 1 is 0.971 bits per heavy atom. The summed E-state index contributed by atoms with van der Waals surface area (Å²) in [4.78, 5) is 56.6. The SMILES string of the molecule is CC(=O)Nc1ccc2c(c1)C(=O)N(OCc1ccccc1)C(=O)C2C(=O)NCc1ccc(F)cc1. The van der Waals surface area contributed by atoms with E-state index >= 15 is 0 Å². The third-order valence-electron chi connectivity index (χ3n) is 5.39. The third kappa shape index (κ3) is 5.42. The number of nitrogens with zero attached hydrogens (tertiary/aromatic N) is 1. The van der Waals surface area contributed by atoms with Crippen molar-refractivity contribution in [1.29, 1.82) is 0 Å². The van der Waals surface area contributed by atoms with E-state index in [-0.39, 0.29) is 30.2 Å². The van der Waals surface area contributed by atoms with Gasteiger partial charge in [-0.15, -0.1) is 5.06 Å². The smallest absolute Gasteiger partial charge is 0.285 e. The maximum absolute atomic E-state index is 13.3. The molecule has 0 aromatic heterocycles. The lowest BCUT2D eigenvalue weighted by Crippen LogP contribution is -2.49. The molecule has 8 nitrogen and oxygen atoms in total. The maximum Gasteiger partial charge on any atom is 0.285 e. The second kappa shape index (κ2) is 10.3. The van der Waals surface area contributed by atoms with E-state index in [0.717, 1.165) is 5.56 Å². The molecule has 4 amide bonds. The van der Waals surface area contributed by atoms with Crippen LogP contribution in [0.5, 0.6) is 0 Å². The average Bonchev–Trinajstić information content (AvgIpc) is 2.84. The van der Waals surface area contributed by atoms with Crippen LogP contribution in [0.1, 0.15) is 39.9 Å². The van der Waals surface area contributed by atoms with Crippen molar-refractivity contribution in [3.05, 3.63) is 101 Å². The lowest BCUT2D eigenvalue weighted by molar-refractivity contribution is -0.177. The normalized spacial score (nSPS) is 14.9. The van der Waals surface area contributed by atoms with Gasteiger partial charge in [0.2, 0.25) is 11.8 Å². The molecule has 4 rings (SSSR count). The highest BCUT2D eigenvalue weighted by molar-refractivity contribution is 6.18. The molecule has 1 aliphatic rings. The molecular weight excluding hydrogens is 453 g/mol. The number of benzene rings is 3. The molecule has 0 saturated carbocycles. The number of halogens is 1. The van der Waals surface area contributed by atoms with E-state index in [4.69, 9.17) is 4.84 Å². The van der Waals surface area contributed by atoms with Crippen LogP contribution in [0.2, 0.25) is 0 Å². The van der Waals surface area contributed by atoms with E-state index in [1.807, 2.05) is 6.07 Å². The van der Waals surface area contributed by atoms with Crippen molar-refractivity contribution in [1.82, 2.24) is 10.4 Å². The van der Waals surface area contributed by atoms with Crippen LogP contribution in [0.25, 0.3) is 0 Å². The Hall–Kier alpha value is -4.37. The number of imide groups is 1. The maximum atomic E-state index is 13.3. The zero-order valence-corrected chi connectivity index (χ0v) is 18.8. The zero-order chi connectivity index (χ0) is 24.9. The van der Waals surface area contributed by atoms with Gasteiger partial charge in [0.1, 0.15) is 18.3 Å². The lowest BCUT2D eigenvalue weighted by Gasteiger charge is -2.31. The fraction of sp³-hybridized carbons (Fsp3) is 0.154. The van der Waals surface area contributed by atoms with Gasteiger partial charge in [-0.1, -0.05) is 48.5 Å². The first kappa shape index (κ1) is 23.8. The van der Waals surface area contributed by atoms with E-state index in [2.05, 4.69) is 10.6 Å². The summed E-state index contributed by atoms with van der Waals surface area (Å²) < 4.78 is 13.2. The van der Waals surface area contributed by atoms with E-state index in [0.29, 0.717) is 16.3 Å². The fourth-order valence-electron chi connectivity index (χ4n) is 3.72. The first-order chi connectivity index (χ1) is 16.8. The topological polar surface area (TPSA) is 105 Å². The minimum atomic E-state index is -1.36. The lowest BCUT2D eigenvalue weighted by atomic mass is 9.88. The summed E-state index contributed by atoms with van der Waals surface area (Å²) in [7, 11) is 0. The van der Waals surface area contributed by atoms with Crippen LogP contribution < -0.4 is 10.6 Å². The monoisotopic (exact) mass is 475 g/mol. The summed E-state index contributed by atoms with van der Waals surface area (Å²) >= 11 is 0. The van der Waals surface area contributed by atoms with E-state index < -0.39 is 29.5 Å². The van der Waals surface area contributed by atoms with Crippen LogP contribution in [0.3, 0.4) is 0 Å². The number of amides is 4. The Morgan fingerprint density at radius 2 is 1.69 bits per heavy atom. The van der Waals surface area contributed by atoms with Crippen LogP contribution in [-0.4, -0.2) is 28.7 Å². The molecule has 0 bridgehead atoms. The molecule has 0 spiro atoms. The van der Waals surface area contributed by atoms with Crippen molar-refractivity contribution >= 4 is 29.3 Å². The van der Waals surface area contributed by atoms with Gasteiger partial charge in [0.05, 0.1) is 0 Å². The average molecular weight is 475 g/mol. The van der Waals surface area contributed by atoms with Gasteiger partial charge in [-0.2, -0.15) is 0 Å². The van der Waals surface area contributed by atoms with Gasteiger partial charge >= 0.3 is 0 Å². The fourth-order valence-corrected chi connectivity index (χ4v) is 3.72. The standard InChI is InChI=1S/C26H22FN3O5/c1-16(31)29-20-11-12-21-22(13-20)25(33)30(35-15-18-5-3-2-4-6-18)26(34)23(21)24(32)28-14-17-7-9-19(27)10-8-17/h2-13,23H,14-15H2,1H3,(H,28,32)(H,29,31). The van der Waals surface area contributed by atoms with Crippen LogP contribution in [0.15, 0.2) is 72.8 Å². The highest BCUT2D eigenvalue weighted by Crippen LogP contribution is 2.32. The number of hydrogen-bond acceptors (Lipinski definition) is 5. The number of nitrogens with one attached hydrogen (secondary N) is 2. The number of rotatable bonds is 7. The quantitative estimate of drug-likeness (QED) is 0.403. The molecule has 3 aromatic carbocycles. The summed E-state index contributed by atoms with van der Waals surface area (Å²) in [6.45, 7) is 1.32. The van der Waals surface area contributed by atoms with Crippen LogP contribution in [-0.2, 0) is 32.4 Å². The largest absolute Gasteiger partial charge is 0.351 e. The van der Waals surface area contributed by atoms with E-state index in [1.54, 1.807) is 24.3 Å². The van der Waals surface area contributed by atoms with Gasteiger partial charge in [0.15, 0.2) is 0 Å². The molecule has 0 radical (unpaired) electrons. The van der Waals surface area contributed by atoms with Gasteiger partial charge in [-0.25, -0.2) is 4.39 Å². The summed E-state index contributed by atoms with van der Waals surface area (Å²) in [6.07, 6.45) is 0. The molecule has 0 fully saturated rings. The number of hydroxylamine groups is 2. The van der Waals surface area contributed by atoms with Crippen molar-refractivity contribution in [2.45, 2.75) is 26.0 Å². The minimum absolute atomic E-state index is 0.0566. The number of hydrogen-bond donors (Lipinski definition) is 2. The van der Waals surface area contributed by atoms with Crippen LogP contribution >= 0.6 is 0 Å². The number of fused-ring (bicyclic) bond motifs is 1. The Labute approximate surface area is 200 Å². The Bertz CT molecular complexity index is 1280.